The molecule has 1 atom stereocenters. The van der Waals surface area contributed by atoms with Gasteiger partial charge < -0.3 is 5.32 Å². The second-order valence-corrected chi connectivity index (χ2v) is 4.70. The normalized spacial score (nSPS) is 12.2. The predicted molar refractivity (Wildman–Crippen MR) is 68.4 cm³/mol. The van der Waals surface area contributed by atoms with E-state index in [1.807, 2.05) is 6.92 Å². The summed E-state index contributed by atoms with van der Waals surface area (Å²) in [5, 5.41) is 2.97. The molecule has 16 heavy (non-hydrogen) atoms. The molecule has 3 nitrogen and oxygen atoms in total. The lowest BCUT2D eigenvalue weighted by Crippen LogP contribution is -2.32. The first kappa shape index (κ1) is 13.2. The number of unbranched alkanes of at least 4 members (excludes halogenated alkanes) is 1. The highest BCUT2D eigenvalue weighted by Gasteiger charge is 2.09. The van der Waals surface area contributed by atoms with Crippen LogP contribution in [0.3, 0.4) is 0 Å². The Labute approximate surface area is 105 Å². The zero-order chi connectivity index (χ0) is 12.0. The number of halogens is 1. The summed E-state index contributed by atoms with van der Waals surface area (Å²) in [7, 11) is 0. The third-order valence-corrected chi connectivity index (χ3v) is 2.79. The molecule has 0 aliphatic heterocycles. The van der Waals surface area contributed by atoms with Crippen LogP contribution in [0.2, 0.25) is 0 Å². The Morgan fingerprint density at radius 3 is 3.00 bits per heavy atom. The first-order valence-electron chi connectivity index (χ1n) is 5.56. The van der Waals surface area contributed by atoms with Crippen LogP contribution in [-0.2, 0) is 0 Å². The van der Waals surface area contributed by atoms with Gasteiger partial charge >= 0.3 is 0 Å². The Bertz CT molecular complexity index is 355. The van der Waals surface area contributed by atoms with Gasteiger partial charge in [0.15, 0.2) is 0 Å². The average molecular weight is 285 g/mol. The summed E-state index contributed by atoms with van der Waals surface area (Å²) >= 11 is 3.25. The summed E-state index contributed by atoms with van der Waals surface area (Å²) in [6.45, 7) is 4.18. The molecular weight excluding hydrogens is 268 g/mol. The van der Waals surface area contributed by atoms with Crippen molar-refractivity contribution in [2.24, 2.45) is 0 Å². The highest BCUT2D eigenvalue weighted by molar-refractivity contribution is 9.10. The maximum atomic E-state index is 11.8. The van der Waals surface area contributed by atoms with Crippen LogP contribution in [0.25, 0.3) is 0 Å². The summed E-state index contributed by atoms with van der Waals surface area (Å²) < 4.78 is 0.682. The monoisotopic (exact) mass is 284 g/mol. The lowest BCUT2D eigenvalue weighted by Gasteiger charge is -2.13. The molecule has 1 unspecified atom stereocenters. The zero-order valence-electron chi connectivity index (χ0n) is 9.66. The molecule has 0 radical (unpaired) electrons. The molecule has 0 aliphatic carbocycles. The minimum Gasteiger partial charge on any atom is -0.350 e. The highest BCUT2D eigenvalue weighted by atomic mass is 79.9. The lowest BCUT2D eigenvalue weighted by molar-refractivity contribution is 0.0938. The van der Waals surface area contributed by atoms with Gasteiger partial charge in [0.2, 0.25) is 0 Å². The van der Waals surface area contributed by atoms with E-state index in [9.17, 15) is 4.79 Å². The van der Waals surface area contributed by atoms with Crippen molar-refractivity contribution >= 4 is 21.8 Å². The number of rotatable bonds is 5. The predicted octanol–water partition coefficient (Wildman–Crippen LogP) is 3.15. The third-order valence-electron chi connectivity index (χ3n) is 2.36. The van der Waals surface area contributed by atoms with E-state index in [0.717, 1.165) is 19.3 Å². The summed E-state index contributed by atoms with van der Waals surface area (Å²) in [6.07, 6.45) is 4.94. The fourth-order valence-corrected chi connectivity index (χ4v) is 1.80. The Kier molecular flexibility index (Phi) is 5.46. The molecule has 1 aromatic heterocycles. The number of pyridine rings is 1. The number of hydrogen-bond donors (Lipinski definition) is 1. The van der Waals surface area contributed by atoms with Crippen LogP contribution in [0.1, 0.15) is 43.5 Å². The quantitative estimate of drug-likeness (QED) is 0.844. The number of nitrogens with zero attached hydrogens (tertiary/aromatic N) is 1. The molecule has 0 aromatic carbocycles. The molecule has 1 aromatic rings. The fourth-order valence-electron chi connectivity index (χ4n) is 1.43. The van der Waals surface area contributed by atoms with Crippen LogP contribution in [0, 0.1) is 0 Å². The van der Waals surface area contributed by atoms with Gasteiger partial charge in [-0.25, -0.2) is 4.98 Å². The van der Waals surface area contributed by atoms with Crippen molar-refractivity contribution in [2.45, 2.75) is 39.2 Å². The van der Waals surface area contributed by atoms with Crippen molar-refractivity contribution in [3.05, 3.63) is 28.5 Å². The maximum Gasteiger partial charge on any atom is 0.251 e. The molecule has 0 aliphatic rings. The van der Waals surface area contributed by atoms with Crippen LogP contribution in [-0.4, -0.2) is 16.9 Å². The van der Waals surface area contributed by atoms with Crippen LogP contribution in [0.4, 0.5) is 0 Å². The molecular formula is C12H17BrN2O. The summed E-state index contributed by atoms with van der Waals surface area (Å²) in [6, 6.07) is 3.66. The molecule has 1 heterocycles. The van der Waals surface area contributed by atoms with Gasteiger partial charge in [0.1, 0.15) is 4.60 Å². The number of carbonyl (C=O) groups excluding carboxylic acids is 1. The van der Waals surface area contributed by atoms with Gasteiger partial charge in [0.05, 0.1) is 0 Å². The molecule has 0 saturated heterocycles. The molecule has 4 heteroatoms. The van der Waals surface area contributed by atoms with Crippen molar-refractivity contribution in [1.29, 1.82) is 0 Å². The van der Waals surface area contributed by atoms with Gasteiger partial charge in [-0.15, -0.1) is 0 Å². The third kappa shape index (κ3) is 4.31. The van der Waals surface area contributed by atoms with Crippen LogP contribution >= 0.6 is 15.9 Å². The fraction of sp³-hybridized carbons (Fsp3) is 0.500. The molecule has 1 amide bonds. The number of carbonyl (C=O) groups is 1. The number of aromatic nitrogens is 1. The van der Waals surface area contributed by atoms with Crippen molar-refractivity contribution < 1.29 is 4.79 Å². The molecule has 1 N–H and O–H groups in total. The average Bonchev–Trinajstić information content (AvgIpc) is 2.26. The second kappa shape index (κ2) is 6.63. The minimum atomic E-state index is -0.0355. The molecule has 0 fully saturated rings. The maximum absolute atomic E-state index is 11.8. The Hall–Kier alpha value is -0.900. The molecule has 0 saturated carbocycles. The van der Waals surface area contributed by atoms with Gasteiger partial charge in [-0.1, -0.05) is 19.8 Å². The van der Waals surface area contributed by atoms with Gasteiger partial charge in [-0.05, 0) is 41.4 Å². The Balaban J connectivity index is 2.52. The first-order valence-corrected chi connectivity index (χ1v) is 6.35. The SMILES string of the molecule is CCCCC(C)NC(=O)c1ccnc(Br)c1. The van der Waals surface area contributed by atoms with E-state index in [2.05, 4.69) is 33.2 Å². The number of hydrogen-bond acceptors (Lipinski definition) is 2. The molecule has 88 valence electrons. The molecule has 0 bridgehead atoms. The van der Waals surface area contributed by atoms with Crippen LogP contribution in [0.5, 0.6) is 0 Å². The lowest BCUT2D eigenvalue weighted by atomic mass is 10.1. The van der Waals surface area contributed by atoms with E-state index in [-0.39, 0.29) is 11.9 Å². The van der Waals surface area contributed by atoms with E-state index in [1.54, 1.807) is 18.3 Å². The van der Waals surface area contributed by atoms with Gasteiger partial charge in [0, 0.05) is 17.8 Å². The van der Waals surface area contributed by atoms with Crippen molar-refractivity contribution in [2.75, 3.05) is 0 Å². The minimum absolute atomic E-state index is 0.0355. The topological polar surface area (TPSA) is 42.0 Å². The van der Waals surface area contributed by atoms with E-state index < -0.39 is 0 Å². The summed E-state index contributed by atoms with van der Waals surface area (Å²) in [5.41, 5.74) is 0.644. The second-order valence-electron chi connectivity index (χ2n) is 3.88. The number of nitrogens with one attached hydrogen (secondary N) is 1. The van der Waals surface area contributed by atoms with Crippen molar-refractivity contribution in [3.63, 3.8) is 0 Å². The van der Waals surface area contributed by atoms with Crippen LogP contribution < -0.4 is 5.32 Å². The van der Waals surface area contributed by atoms with Crippen molar-refractivity contribution in [1.82, 2.24) is 10.3 Å². The van der Waals surface area contributed by atoms with E-state index in [1.165, 1.54) is 0 Å². The Morgan fingerprint density at radius 1 is 1.62 bits per heavy atom. The number of amides is 1. The highest BCUT2D eigenvalue weighted by Crippen LogP contribution is 2.08. The smallest absolute Gasteiger partial charge is 0.251 e. The van der Waals surface area contributed by atoms with Crippen molar-refractivity contribution in [3.8, 4) is 0 Å². The summed E-state index contributed by atoms with van der Waals surface area (Å²) in [5.74, 6) is -0.0355. The van der Waals surface area contributed by atoms with Gasteiger partial charge in [0.25, 0.3) is 5.91 Å². The van der Waals surface area contributed by atoms with E-state index >= 15 is 0 Å². The van der Waals surface area contributed by atoms with Crippen LogP contribution in [0.15, 0.2) is 22.9 Å². The Morgan fingerprint density at radius 2 is 2.38 bits per heavy atom. The molecule has 0 spiro atoms. The standard InChI is InChI=1S/C12H17BrN2O/c1-3-4-5-9(2)15-12(16)10-6-7-14-11(13)8-10/h6-9H,3-5H2,1-2H3,(H,15,16). The largest absolute Gasteiger partial charge is 0.350 e. The van der Waals surface area contributed by atoms with E-state index in [0.29, 0.717) is 10.2 Å². The first-order chi connectivity index (χ1) is 7.63. The van der Waals surface area contributed by atoms with E-state index in [4.69, 9.17) is 0 Å². The van der Waals surface area contributed by atoms with Gasteiger partial charge in [-0.2, -0.15) is 0 Å². The van der Waals surface area contributed by atoms with Gasteiger partial charge in [-0.3, -0.25) is 4.79 Å². The zero-order valence-corrected chi connectivity index (χ0v) is 11.3. The molecule has 1 rings (SSSR count). The summed E-state index contributed by atoms with van der Waals surface area (Å²) in [4.78, 5) is 15.8.